The highest BCUT2D eigenvalue weighted by Gasteiger charge is 2.06. The molecule has 0 atom stereocenters. The van der Waals surface area contributed by atoms with E-state index in [1.165, 1.54) is 18.5 Å². The van der Waals surface area contributed by atoms with Crippen molar-refractivity contribution in [1.82, 2.24) is 10.3 Å². The van der Waals surface area contributed by atoms with Crippen molar-refractivity contribution in [3.63, 3.8) is 0 Å². The summed E-state index contributed by atoms with van der Waals surface area (Å²) < 4.78 is 0. The fourth-order valence-corrected chi connectivity index (χ4v) is 1.15. The lowest BCUT2D eigenvalue weighted by Gasteiger charge is -2.06. The van der Waals surface area contributed by atoms with Gasteiger partial charge in [-0.2, -0.15) is 0 Å². The van der Waals surface area contributed by atoms with Gasteiger partial charge in [0.2, 0.25) is 0 Å². The zero-order valence-electron chi connectivity index (χ0n) is 10.2. The number of aromatic carboxylic acids is 1. The number of carbonyl (C=O) groups excluding carboxylic acids is 1. The molecule has 1 aromatic heterocycles. The Bertz CT molecular complexity index is 479. The minimum atomic E-state index is -1.09. The molecule has 2 amide bonds. The van der Waals surface area contributed by atoms with E-state index >= 15 is 0 Å². The van der Waals surface area contributed by atoms with Crippen LogP contribution in [0.25, 0.3) is 0 Å². The topological polar surface area (TPSA) is 91.3 Å². The third-order valence-electron chi connectivity index (χ3n) is 2.02. The number of carbonyl (C=O) groups is 2. The van der Waals surface area contributed by atoms with Crippen molar-refractivity contribution in [2.75, 3.05) is 11.9 Å². The van der Waals surface area contributed by atoms with Crippen LogP contribution in [0.4, 0.5) is 10.5 Å². The number of carboxylic acids is 1. The van der Waals surface area contributed by atoms with Gasteiger partial charge in [-0.25, -0.2) is 9.59 Å². The average Bonchev–Trinajstić information content (AvgIpc) is 2.28. The molecule has 1 rings (SSSR count). The summed E-state index contributed by atoms with van der Waals surface area (Å²) in [5.74, 6) is -1.09. The number of nitrogens with zero attached hydrogens (tertiary/aromatic N) is 1. The van der Waals surface area contributed by atoms with E-state index in [0.29, 0.717) is 12.2 Å². The highest BCUT2D eigenvalue weighted by atomic mass is 16.4. The van der Waals surface area contributed by atoms with E-state index in [1.807, 2.05) is 19.9 Å². The first-order valence-electron chi connectivity index (χ1n) is 5.35. The van der Waals surface area contributed by atoms with Crippen LogP contribution in [0.1, 0.15) is 24.2 Å². The molecule has 0 aliphatic carbocycles. The zero-order valence-corrected chi connectivity index (χ0v) is 10.2. The predicted octanol–water partition coefficient (Wildman–Crippen LogP) is 1.87. The molecule has 6 heteroatoms. The molecular formula is C12H15N3O3. The summed E-state index contributed by atoms with van der Waals surface area (Å²) in [5.41, 5.74) is 1.46. The standard InChI is InChI=1S/C12H15N3O3/c1-8(2)3-4-14-12(18)15-10-5-9(11(16)17)6-13-7-10/h3,5-7H,4H2,1-2H3,(H,16,17)(H2,14,15,18). The van der Waals surface area contributed by atoms with Gasteiger partial charge in [-0.3, -0.25) is 4.98 Å². The third-order valence-corrected chi connectivity index (χ3v) is 2.02. The van der Waals surface area contributed by atoms with Gasteiger partial charge in [-0.05, 0) is 19.9 Å². The van der Waals surface area contributed by atoms with E-state index < -0.39 is 12.0 Å². The summed E-state index contributed by atoms with van der Waals surface area (Å²) in [5, 5.41) is 13.9. The Balaban J connectivity index is 2.56. The van der Waals surface area contributed by atoms with Gasteiger partial charge in [-0.1, -0.05) is 11.6 Å². The smallest absolute Gasteiger partial charge is 0.337 e. The van der Waals surface area contributed by atoms with Gasteiger partial charge < -0.3 is 15.7 Å². The molecule has 1 aromatic rings. The van der Waals surface area contributed by atoms with E-state index in [2.05, 4.69) is 15.6 Å². The molecular weight excluding hydrogens is 234 g/mol. The van der Waals surface area contributed by atoms with Gasteiger partial charge in [0.05, 0.1) is 17.4 Å². The van der Waals surface area contributed by atoms with E-state index in [-0.39, 0.29) is 5.56 Å². The molecule has 0 aliphatic rings. The highest BCUT2D eigenvalue weighted by molar-refractivity contribution is 5.92. The van der Waals surface area contributed by atoms with Crippen LogP contribution >= 0.6 is 0 Å². The Morgan fingerprint density at radius 3 is 2.72 bits per heavy atom. The first kappa shape index (κ1) is 13.7. The highest BCUT2D eigenvalue weighted by Crippen LogP contribution is 2.07. The number of hydrogen-bond acceptors (Lipinski definition) is 3. The van der Waals surface area contributed by atoms with E-state index in [1.54, 1.807) is 0 Å². The number of aromatic nitrogens is 1. The Morgan fingerprint density at radius 1 is 1.39 bits per heavy atom. The second-order valence-corrected chi connectivity index (χ2v) is 3.88. The van der Waals surface area contributed by atoms with Gasteiger partial charge >= 0.3 is 12.0 Å². The quantitative estimate of drug-likeness (QED) is 0.710. The first-order chi connectivity index (χ1) is 8.49. The lowest BCUT2D eigenvalue weighted by molar-refractivity contribution is 0.0696. The number of allylic oxidation sites excluding steroid dienone is 1. The Morgan fingerprint density at radius 2 is 2.11 bits per heavy atom. The summed E-state index contributed by atoms with van der Waals surface area (Å²) in [6, 6.07) is 0.937. The number of pyridine rings is 1. The molecule has 18 heavy (non-hydrogen) atoms. The molecule has 0 aromatic carbocycles. The SMILES string of the molecule is CC(C)=CCNC(=O)Nc1cncc(C(=O)O)c1. The monoisotopic (exact) mass is 249 g/mol. The van der Waals surface area contributed by atoms with Gasteiger partial charge in [0.25, 0.3) is 0 Å². The molecule has 3 N–H and O–H groups in total. The molecule has 0 saturated carbocycles. The van der Waals surface area contributed by atoms with Crippen LogP contribution in [-0.4, -0.2) is 28.6 Å². The second kappa shape index (κ2) is 6.39. The van der Waals surface area contributed by atoms with Crippen molar-refractivity contribution in [2.24, 2.45) is 0 Å². The zero-order chi connectivity index (χ0) is 13.5. The molecule has 0 bridgehead atoms. The molecule has 0 fully saturated rings. The number of nitrogens with one attached hydrogen (secondary N) is 2. The Kier molecular flexibility index (Phi) is 4.86. The van der Waals surface area contributed by atoms with Crippen molar-refractivity contribution in [3.05, 3.63) is 35.7 Å². The minimum Gasteiger partial charge on any atom is -0.478 e. The van der Waals surface area contributed by atoms with Gasteiger partial charge in [-0.15, -0.1) is 0 Å². The van der Waals surface area contributed by atoms with E-state index in [0.717, 1.165) is 5.57 Å². The number of carboxylic acid groups (broad SMARTS) is 1. The molecule has 6 nitrogen and oxygen atoms in total. The molecule has 0 unspecified atom stereocenters. The van der Waals surface area contributed by atoms with Crippen LogP contribution in [0.3, 0.4) is 0 Å². The van der Waals surface area contributed by atoms with Crippen LogP contribution in [-0.2, 0) is 0 Å². The van der Waals surface area contributed by atoms with Crippen LogP contribution in [0.5, 0.6) is 0 Å². The van der Waals surface area contributed by atoms with E-state index in [4.69, 9.17) is 5.11 Å². The van der Waals surface area contributed by atoms with Crippen LogP contribution in [0.15, 0.2) is 30.1 Å². The summed E-state index contributed by atoms with van der Waals surface area (Å²) >= 11 is 0. The van der Waals surface area contributed by atoms with Crippen molar-refractivity contribution < 1.29 is 14.7 Å². The lowest BCUT2D eigenvalue weighted by atomic mass is 10.2. The van der Waals surface area contributed by atoms with Crippen molar-refractivity contribution in [1.29, 1.82) is 0 Å². The largest absolute Gasteiger partial charge is 0.478 e. The molecule has 0 aliphatic heterocycles. The number of rotatable bonds is 4. The maximum absolute atomic E-state index is 11.4. The van der Waals surface area contributed by atoms with E-state index in [9.17, 15) is 9.59 Å². The summed E-state index contributed by atoms with van der Waals surface area (Å²) in [4.78, 5) is 25.9. The normalized spacial score (nSPS) is 9.44. The van der Waals surface area contributed by atoms with Gasteiger partial charge in [0.15, 0.2) is 0 Å². The van der Waals surface area contributed by atoms with Crippen LogP contribution in [0.2, 0.25) is 0 Å². The molecule has 0 saturated heterocycles. The Hall–Kier alpha value is -2.37. The van der Waals surface area contributed by atoms with Crippen molar-refractivity contribution in [2.45, 2.75) is 13.8 Å². The maximum atomic E-state index is 11.4. The first-order valence-corrected chi connectivity index (χ1v) is 5.35. The molecule has 96 valence electrons. The van der Waals surface area contributed by atoms with Gasteiger partial charge in [0.1, 0.15) is 0 Å². The molecule has 1 heterocycles. The average molecular weight is 249 g/mol. The van der Waals surface area contributed by atoms with Crippen LogP contribution < -0.4 is 10.6 Å². The third kappa shape index (κ3) is 4.65. The fourth-order valence-electron chi connectivity index (χ4n) is 1.15. The van der Waals surface area contributed by atoms with Crippen molar-refractivity contribution >= 4 is 17.7 Å². The number of amides is 2. The van der Waals surface area contributed by atoms with Crippen molar-refractivity contribution in [3.8, 4) is 0 Å². The number of anilines is 1. The predicted molar refractivity (Wildman–Crippen MR) is 67.6 cm³/mol. The maximum Gasteiger partial charge on any atom is 0.337 e. The second-order valence-electron chi connectivity index (χ2n) is 3.88. The fraction of sp³-hybridized carbons (Fsp3) is 0.250. The minimum absolute atomic E-state index is 0.0251. The number of urea groups is 1. The van der Waals surface area contributed by atoms with Gasteiger partial charge in [0, 0.05) is 12.7 Å². The number of hydrogen-bond donors (Lipinski definition) is 3. The lowest BCUT2D eigenvalue weighted by Crippen LogP contribution is -2.28. The Labute approximate surface area is 105 Å². The summed E-state index contributed by atoms with van der Waals surface area (Å²) in [7, 11) is 0. The summed E-state index contributed by atoms with van der Waals surface area (Å²) in [6.07, 6.45) is 4.47. The summed E-state index contributed by atoms with van der Waals surface area (Å²) in [6.45, 7) is 4.28. The molecule has 0 spiro atoms. The van der Waals surface area contributed by atoms with Crippen LogP contribution in [0, 0.1) is 0 Å². The molecule has 0 radical (unpaired) electrons.